The Labute approximate surface area is 212 Å². The average molecular weight is 518 g/mol. The maximum Gasteiger partial charge on any atom is 0.227 e. The lowest BCUT2D eigenvalue weighted by Gasteiger charge is -2.16. The molecule has 1 fully saturated rings. The Balaban J connectivity index is 1.36. The zero-order valence-electron chi connectivity index (χ0n) is 19.7. The first-order chi connectivity index (χ1) is 17.0. The fraction of sp³-hybridized carbons (Fsp3) is 0.435. The summed E-state index contributed by atoms with van der Waals surface area (Å²) in [7, 11) is 0. The third-order valence-corrected chi connectivity index (χ3v) is 6.46. The van der Waals surface area contributed by atoms with Crippen molar-refractivity contribution >= 4 is 57.7 Å². The van der Waals surface area contributed by atoms with Crippen molar-refractivity contribution in [3.8, 4) is 0 Å². The topological polar surface area (TPSA) is 114 Å². The number of fused-ring (bicyclic) bond motifs is 1. The molecule has 2 N–H and O–H groups in total. The largest absolute Gasteiger partial charge is 0.380 e. The molecule has 2 aromatic heterocycles. The number of aromatic nitrogens is 4. The summed E-state index contributed by atoms with van der Waals surface area (Å²) in [6.45, 7) is 4.98. The van der Waals surface area contributed by atoms with E-state index in [1.54, 1.807) is 40.0 Å². The van der Waals surface area contributed by atoms with E-state index in [-0.39, 0.29) is 18.2 Å². The molecule has 35 heavy (non-hydrogen) atoms. The van der Waals surface area contributed by atoms with Crippen molar-refractivity contribution in [3.05, 3.63) is 35.5 Å². The summed E-state index contributed by atoms with van der Waals surface area (Å²) in [5, 5.41) is 12.7. The van der Waals surface area contributed by atoms with Crippen LogP contribution < -0.4 is 15.5 Å². The molecule has 0 bridgehead atoms. The highest BCUT2D eigenvalue weighted by molar-refractivity contribution is 7.98. The second-order valence-electron chi connectivity index (χ2n) is 7.96. The molecule has 0 spiro atoms. The van der Waals surface area contributed by atoms with E-state index < -0.39 is 5.92 Å². The van der Waals surface area contributed by atoms with Gasteiger partial charge in [0.1, 0.15) is 5.82 Å². The number of hydrogen-bond acceptors (Lipinski definition) is 8. The molecule has 3 aromatic rings. The Bertz CT molecular complexity index is 1190. The smallest absolute Gasteiger partial charge is 0.227 e. The molecule has 10 nitrogen and oxygen atoms in total. The molecule has 0 radical (unpaired) electrons. The molecule has 2 amide bonds. The standard InChI is InChI=1S/C23H28ClN7O3S/c1-3-34-11-9-25-20-18-13-27-31(21(18)29-23(28-20)35-2)10-8-26-22(33)15-12-19(32)30(14-15)17-6-4-16(24)5-7-17/h4-7,13,15H,3,8-12,14H2,1-2H3,(H,26,33)(H,25,28,29). The van der Waals surface area contributed by atoms with Crippen molar-refractivity contribution in [2.75, 3.05) is 49.3 Å². The highest BCUT2D eigenvalue weighted by Gasteiger charge is 2.35. The SMILES string of the molecule is CCOCCNc1nc(SC)nc2c1cnn2CCNC(=O)C1CC(=O)N(c2ccc(Cl)cc2)C1. The molecule has 12 heteroatoms. The summed E-state index contributed by atoms with van der Waals surface area (Å²) < 4.78 is 7.14. The molecule has 0 aliphatic carbocycles. The van der Waals surface area contributed by atoms with Crippen LogP contribution in [0.5, 0.6) is 0 Å². The molecular weight excluding hydrogens is 490 g/mol. The molecule has 3 heterocycles. The molecular formula is C23H28ClN7O3S. The Morgan fingerprint density at radius 2 is 2.06 bits per heavy atom. The predicted octanol–water partition coefficient (Wildman–Crippen LogP) is 2.82. The number of rotatable bonds is 11. The van der Waals surface area contributed by atoms with Crippen LogP contribution in [-0.2, 0) is 20.9 Å². The highest BCUT2D eigenvalue weighted by atomic mass is 35.5. The predicted molar refractivity (Wildman–Crippen MR) is 137 cm³/mol. The Kier molecular flexibility index (Phi) is 8.42. The van der Waals surface area contributed by atoms with E-state index in [2.05, 4.69) is 25.7 Å². The van der Waals surface area contributed by atoms with Gasteiger partial charge in [0.05, 0.1) is 30.7 Å². The summed E-state index contributed by atoms with van der Waals surface area (Å²) in [5.74, 6) is 0.0837. The van der Waals surface area contributed by atoms with E-state index >= 15 is 0 Å². The van der Waals surface area contributed by atoms with Crippen LogP contribution in [0.2, 0.25) is 5.02 Å². The van der Waals surface area contributed by atoms with Gasteiger partial charge >= 0.3 is 0 Å². The minimum absolute atomic E-state index is 0.0730. The van der Waals surface area contributed by atoms with Gasteiger partial charge in [-0.05, 0) is 37.4 Å². The third-order valence-electron chi connectivity index (χ3n) is 5.66. The highest BCUT2D eigenvalue weighted by Crippen LogP contribution is 2.26. The van der Waals surface area contributed by atoms with Crippen LogP contribution in [0.15, 0.2) is 35.6 Å². The fourth-order valence-electron chi connectivity index (χ4n) is 3.89. The van der Waals surface area contributed by atoms with Crippen molar-refractivity contribution in [3.63, 3.8) is 0 Å². The summed E-state index contributed by atoms with van der Waals surface area (Å²) in [5.41, 5.74) is 1.44. The van der Waals surface area contributed by atoms with Crippen molar-refractivity contribution < 1.29 is 14.3 Å². The van der Waals surface area contributed by atoms with E-state index in [1.165, 1.54) is 11.8 Å². The number of benzene rings is 1. The quantitative estimate of drug-likeness (QED) is 0.227. The van der Waals surface area contributed by atoms with Crippen LogP contribution in [0.1, 0.15) is 13.3 Å². The van der Waals surface area contributed by atoms with Gasteiger partial charge in [-0.1, -0.05) is 23.4 Å². The van der Waals surface area contributed by atoms with Crippen molar-refractivity contribution in [1.82, 2.24) is 25.1 Å². The lowest BCUT2D eigenvalue weighted by molar-refractivity contribution is -0.126. The number of nitrogens with one attached hydrogen (secondary N) is 2. The first-order valence-corrected chi connectivity index (χ1v) is 13.0. The van der Waals surface area contributed by atoms with E-state index in [1.807, 2.05) is 13.2 Å². The maximum atomic E-state index is 12.7. The first kappa shape index (κ1) is 25.2. The lowest BCUT2D eigenvalue weighted by Crippen LogP contribution is -2.35. The van der Waals surface area contributed by atoms with Crippen molar-refractivity contribution in [2.45, 2.75) is 25.0 Å². The summed E-state index contributed by atoms with van der Waals surface area (Å²) in [6.07, 6.45) is 3.83. The molecule has 1 aromatic carbocycles. The Morgan fingerprint density at radius 3 is 2.80 bits per heavy atom. The zero-order chi connectivity index (χ0) is 24.8. The van der Waals surface area contributed by atoms with Gasteiger partial charge in [-0.3, -0.25) is 9.59 Å². The van der Waals surface area contributed by atoms with E-state index in [0.29, 0.717) is 61.0 Å². The Hall–Kier alpha value is -2.89. The van der Waals surface area contributed by atoms with Crippen molar-refractivity contribution in [2.24, 2.45) is 5.92 Å². The lowest BCUT2D eigenvalue weighted by atomic mass is 10.1. The molecule has 4 rings (SSSR count). The number of nitrogens with zero attached hydrogens (tertiary/aromatic N) is 5. The molecule has 1 saturated heterocycles. The summed E-state index contributed by atoms with van der Waals surface area (Å²) in [4.78, 5) is 36.0. The average Bonchev–Trinajstić information content (AvgIpc) is 3.45. The van der Waals surface area contributed by atoms with Crippen LogP contribution in [-0.4, -0.2) is 70.7 Å². The van der Waals surface area contributed by atoms with E-state index in [9.17, 15) is 9.59 Å². The van der Waals surface area contributed by atoms with Crippen molar-refractivity contribution in [1.29, 1.82) is 0 Å². The number of amides is 2. The molecule has 1 atom stereocenters. The van der Waals surface area contributed by atoms with E-state index in [0.717, 1.165) is 11.1 Å². The summed E-state index contributed by atoms with van der Waals surface area (Å²) >= 11 is 7.39. The second-order valence-corrected chi connectivity index (χ2v) is 9.17. The fourth-order valence-corrected chi connectivity index (χ4v) is 4.38. The van der Waals surface area contributed by atoms with Gasteiger partial charge in [-0.15, -0.1) is 0 Å². The minimum Gasteiger partial charge on any atom is -0.380 e. The van der Waals surface area contributed by atoms with Crippen LogP contribution >= 0.6 is 23.4 Å². The van der Waals surface area contributed by atoms with Gasteiger partial charge in [0, 0.05) is 43.4 Å². The zero-order valence-corrected chi connectivity index (χ0v) is 21.2. The first-order valence-electron chi connectivity index (χ1n) is 11.4. The monoisotopic (exact) mass is 517 g/mol. The number of hydrogen-bond donors (Lipinski definition) is 2. The van der Waals surface area contributed by atoms with Crippen LogP contribution in [0.25, 0.3) is 11.0 Å². The molecule has 1 aliphatic rings. The number of halogens is 1. The van der Waals surface area contributed by atoms with Crippen LogP contribution in [0, 0.1) is 5.92 Å². The maximum absolute atomic E-state index is 12.7. The van der Waals surface area contributed by atoms with Gasteiger partial charge in [-0.25, -0.2) is 14.6 Å². The Morgan fingerprint density at radius 1 is 1.26 bits per heavy atom. The van der Waals surface area contributed by atoms with Gasteiger partial charge in [-0.2, -0.15) is 5.10 Å². The molecule has 1 unspecified atom stereocenters. The number of ether oxygens (including phenoxy) is 1. The number of thioether (sulfide) groups is 1. The van der Waals surface area contributed by atoms with Gasteiger partial charge in [0.25, 0.3) is 0 Å². The van der Waals surface area contributed by atoms with Gasteiger partial charge in [0.2, 0.25) is 11.8 Å². The van der Waals surface area contributed by atoms with Gasteiger partial charge < -0.3 is 20.3 Å². The van der Waals surface area contributed by atoms with Gasteiger partial charge in [0.15, 0.2) is 10.8 Å². The van der Waals surface area contributed by atoms with E-state index in [4.69, 9.17) is 16.3 Å². The number of carbonyl (C=O) groups excluding carboxylic acids is 2. The van der Waals surface area contributed by atoms with Crippen LogP contribution in [0.3, 0.4) is 0 Å². The number of carbonyl (C=O) groups is 2. The number of anilines is 2. The van der Waals surface area contributed by atoms with Crippen LogP contribution in [0.4, 0.5) is 11.5 Å². The molecule has 0 saturated carbocycles. The minimum atomic E-state index is -0.404. The normalized spacial score (nSPS) is 15.7. The second kappa shape index (κ2) is 11.7. The molecule has 186 valence electrons. The third kappa shape index (κ3) is 6.03. The summed E-state index contributed by atoms with van der Waals surface area (Å²) in [6, 6.07) is 7.04. The molecule has 1 aliphatic heterocycles.